The molecule has 4 rings (SSSR count). The second-order valence-corrected chi connectivity index (χ2v) is 6.84. The van der Waals surface area contributed by atoms with Crippen molar-refractivity contribution in [3.63, 3.8) is 0 Å². The molecule has 1 aliphatic heterocycles. The van der Waals surface area contributed by atoms with Gasteiger partial charge in [0.2, 0.25) is 6.79 Å². The van der Waals surface area contributed by atoms with Crippen LogP contribution < -0.4 is 14.8 Å². The van der Waals surface area contributed by atoms with E-state index in [2.05, 4.69) is 10.5 Å². The van der Waals surface area contributed by atoms with E-state index in [9.17, 15) is 13.6 Å². The number of fused-ring (bicyclic) bond motifs is 1. The molecule has 0 unspecified atom stereocenters. The highest BCUT2D eigenvalue weighted by Crippen LogP contribution is 2.36. The Morgan fingerprint density at radius 3 is 2.82 bits per heavy atom. The van der Waals surface area contributed by atoms with Crippen molar-refractivity contribution in [3.05, 3.63) is 59.8 Å². The van der Waals surface area contributed by atoms with E-state index in [0.717, 1.165) is 5.56 Å². The molecule has 28 heavy (non-hydrogen) atoms. The Morgan fingerprint density at radius 2 is 1.96 bits per heavy atom. The maximum Gasteiger partial charge on any atom is 0.288 e. The summed E-state index contributed by atoms with van der Waals surface area (Å²) in [5.41, 5.74) is 1.44. The molecule has 1 aliphatic rings. The molecule has 0 fully saturated rings. The Morgan fingerprint density at radius 1 is 1.14 bits per heavy atom. The normalized spacial score (nSPS) is 12.4. The van der Waals surface area contributed by atoms with Crippen molar-refractivity contribution in [2.45, 2.75) is 17.2 Å². The zero-order chi connectivity index (χ0) is 19.5. The number of nitrogens with zero attached hydrogens (tertiary/aromatic N) is 1. The van der Waals surface area contributed by atoms with Gasteiger partial charge in [0.15, 0.2) is 17.3 Å². The summed E-state index contributed by atoms with van der Waals surface area (Å²) in [7, 11) is 0. The number of hydrogen-bond donors (Lipinski definition) is 1. The zero-order valence-electron chi connectivity index (χ0n) is 14.4. The third-order valence-electron chi connectivity index (χ3n) is 3.99. The summed E-state index contributed by atoms with van der Waals surface area (Å²) in [6.07, 6.45) is 0. The minimum atomic E-state index is -2.60. The van der Waals surface area contributed by atoms with E-state index in [1.807, 2.05) is 6.07 Å². The van der Waals surface area contributed by atoms with Crippen LogP contribution in [0.5, 0.6) is 11.5 Å². The maximum atomic E-state index is 12.7. The predicted octanol–water partition coefficient (Wildman–Crippen LogP) is 4.32. The van der Waals surface area contributed by atoms with Gasteiger partial charge in [0, 0.05) is 16.5 Å². The maximum absolute atomic E-state index is 12.7. The lowest BCUT2D eigenvalue weighted by atomic mass is 10.1. The minimum Gasteiger partial charge on any atom is -0.454 e. The quantitative estimate of drug-likeness (QED) is 0.617. The predicted molar refractivity (Wildman–Crippen MR) is 97.5 cm³/mol. The number of thioether (sulfide) groups is 1. The van der Waals surface area contributed by atoms with Gasteiger partial charge in [0.25, 0.3) is 11.7 Å². The number of carbonyl (C=O) groups is 1. The molecule has 2 heterocycles. The lowest BCUT2D eigenvalue weighted by molar-refractivity contribution is 0.0947. The first-order chi connectivity index (χ1) is 13.6. The smallest absolute Gasteiger partial charge is 0.288 e. The van der Waals surface area contributed by atoms with E-state index < -0.39 is 11.7 Å². The molecule has 6 nitrogen and oxygen atoms in total. The first-order valence-electron chi connectivity index (χ1n) is 8.28. The van der Waals surface area contributed by atoms with Gasteiger partial charge in [-0.15, -0.1) is 0 Å². The van der Waals surface area contributed by atoms with Gasteiger partial charge in [-0.05, 0) is 30.3 Å². The van der Waals surface area contributed by atoms with Crippen LogP contribution in [0.3, 0.4) is 0 Å². The van der Waals surface area contributed by atoms with E-state index >= 15 is 0 Å². The molecule has 144 valence electrons. The first kappa shape index (κ1) is 18.3. The molecule has 0 saturated heterocycles. The molecule has 0 atom stereocenters. The van der Waals surface area contributed by atoms with Crippen LogP contribution in [0, 0.1) is 0 Å². The van der Waals surface area contributed by atoms with E-state index in [0.29, 0.717) is 34.7 Å². The molecular formula is C19H14F2N2O4S. The molecule has 0 saturated carbocycles. The number of alkyl halides is 2. The van der Waals surface area contributed by atoms with Crippen molar-refractivity contribution in [3.8, 4) is 22.8 Å². The highest BCUT2D eigenvalue weighted by Gasteiger charge is 2.17. The van der Waals surface area contributed by atoms with E-state index in [1.165, 1.54) is 12.1 Å². The average Bonchev–Trinajstić information content (AvgIpc) is 3.34. The molecule has 1 amide bonds. The second kappa shape index (κ2) is 7.89. The van der Waals surface area contributed by atoms with Crippen LogP contribution in [0.1, 0.15) is 16.1 Å². The Hall–Kier alpha value is -3.07. The largest absolute Gasteiger partial charge is 0.454 e. The molecule has 3 aromatic rings. The molecular weight excluding hydrogens is 390 g/mol. The van der Waals surface area contributed by atoms with E-state index in [1.54, 1.807) is 30.3 Å². The van der Waals surface area contributed by atoms with Gasteiger partial charge in [-0.2, -0.15) is 8.78 Å². The van der Waals surface area contributed by atoms with Crippen LogP contribution in [0.25, 0.3) is 11.3 Å². The van der Waals surface area contributed by atoms with Crippen LogP contribution in [0.4, 0.5) is 8.78 Å². The lowest BCUT2D eigenvalue weighted by Gasteiger charge is -2.08. The highest BCUT2D eigenvalue weighted by molar-refractivity contribution is 7.99. The number of rotatable bonds is 6. The monoisotopic (exact) mass is 404 g/mol. The number of carbonyl (C=O) groups excluding carboxylic acids is 1. The summed E-state index contributed by atoms with van der Waals surface area (Å²) in [6.45, 7) is 0.276. The van der Waals surface area contributed by atoms with Crippen molar-refractivity contribution in [2.75, 3.05) is 6.79 Å². The fourth-order valence-corrected chi connectivity index (χ4v) is 3.34. The second-order valence-electron chi connectivity index (χ2n) is 5.81. The Bertz CT molecular complexity index is 1010. The molecule has 0 spiro atoms. The van der Waals surface area contributed by atoms with Crippen molar-refractivity contribution in [1.29, 1.82) is 0 Å². The number of hydrogen-bond acceptors (Lipinski definition) is 6. The summed E-state index contributed by atoms with van der Waals surface area (Å²) >= 11 is 0.336. The van der Waals surface area contributed by atoms with Crippen LogP contribution in [-0.2, 0) is 6.54 Å². The number of halogens is 2. The number of nitrogens with one attached hydrogen (secondary N) is 1. The Labute approximate surface area is 162 Å². The molecule has 1 aromatic heterocycles. The number of aromatic nitrogens is 1. The van der Waals surface area contributed by atoms with Gasteiger partial charge in [0.1, 0.15) is 5.69 Å². The fraction of sp³-hybridized carbons (Fsp3) is 0.158. The number of amides is 1. The van der Waals surface area contributed by atoms with Crippen molar-refractivity contribution >= 4 is 17.7 Å². The fourth-order valence-electron chi connectivity index (χ4n) is 2.70. The summed E-state index contributed by atoms with van der Waals surface area (Å²) < 4.78 is 41.2. The standard InChI is InChI=1S/C19H14F2N2O4S/c20-19(21)28-17-4-2-1-3-13(17)18(24)22-9-12-8-15(27-23-12)11-5-6-14-16(7-11)26-10-25-14/h1-8,19H,9-10H2,(H,22,24). The number of benzene rings is 2. The van der Waals surface area contributed by atoms with Crippen LogP contribution in [0.15, 0.2) is 57.9 Å². The summed E-state index contributed by atoms with van der Waals surface area (Å²) in [5, 5.41) is 6.61. The van der Waals surface area contributed by atoms with Gasteiger partial charge >= 0.3 is 0 Å². The van der Waals surface area contributed by atoms with Gasteiger partial charge in [-0.25, -0.2) is 0 Å². The third kappa shape index (κ3) is 3.94. The van der Waals surface area contributed by atoms with Crippen molar-refractivity contribution in [2.24, 2.45) is 0 Å². The van der Waals surface area contributed by atoms with Crippen molar-refractivity contribution < 1.29 is 27.6 Å². The number of ether oxygens (including phenoxy) is 2. The summed E-state index contributed by atoms with van der Waals surface area (Å²) in [5.74, 6) is -1.27. The lowest BCUT2D eigenvalue weighted by Crippen LogP contribution is -2.23. The van der Waals surface area contributed by atoms with E-state index in [4.69, 9.17) is 14.0 Å². The molecule has 2 aromatic carbocycles. The molecule has 1 N–H and O–H groups in total. The first-order valence-corrected chi connectivity index (χ1v) is 9.16. The third-order valence-corrected chi connectivity index (χ3v) is 4.78. The van der Waals surface area contributed by atoms with Gasteiger partial charge in [0.05, 0.1) is 12.1 Å². The minimum absolute atomic E-state index is 0.0978. The summed E-state index contributed by atoms with van der Waals surface area (Å²) in [6, 6.07) is 13.3. The summed E-state index contributed by atoms with van der Waals surface area (Å²) in [4.78, 5) is 12.6. The van der Waals surface area contributed by atoms with Gasteiger partial charge < -0.3 is 19.3 Å². The van der Waals surface area contributed by atoms with Crippen LogP contribution >= 0.6 is 11.8 Å². The molecule has 0 aliphatic carbocycles. The van der Waals surface area contributed by atoms with Gasteiger partial charge in [-0.3, -0.25) is 4.79 Å². The molecule has 0 radical (unpaired) electrons. The Kier molecular flexibility index (Phi) is 5.16. The Balaban J connectivity index is 1.43. The van der Waals surface area contributed by atoms with Crippen LogP contribution in [0.2, 0.25) is 0 Å². The molecule has 9 heteroatoms. The average molecular weight is 404 g/mol. The molecule has 0 bridgehead atoms. The van der Waals surface area contributed by atoms with Crippen LogP contribution in [-0.4, -0.2) is 23.6 Å². The zero-order valence-corrected chi connectivity index (χ0v) is 15.2. The van der Waals surface area contributed by atoms with Crippen molar-refractivity contribution in [1.82, 2.24) is 10.5 Å². The highest BCUT2D eigenvalue weighted by atomic mass is 32.2. The van der Waals surface area contributed by atoms with Gasteiger partial charge in [-0.1, -0.05) is 29.1 Å². The SMILES string of the molecule is O=C(NCc1cc(-c2ccc3c(c2)OCO3)on1)c1ccccc1SC(F)F. The van der Waals surface area contributed by atoms with E-state index in [-0.39, 0.29) is 23.8 Å². The topological polar surface area (TPSA) is 73.6 Å².